The van der Waals surface area contributed by atoms with Crippen molar-refractivity contribution >= 4 is 23.6 Å². The molecule has 1 N–H and O–H groups in total. The first-order valence-corrected chi connectivity index (χ1v) is 5.21. The Balaban J connectivity index is 2.94. The number of hydrogen-bond acceptors (Lipinski definition) is 3. The first-order chi connectivity index (χ1) is 7.22. The van der Waals surface area contributed by atoms with Crippen LogP contribution in [0.25, 0.3) is 0 Å². The van der Waals surface area contributed by atoms with E-state index in [1.54, 1.807) is 12.1 Å². The molecular formula is C11H14ClNO2. The standard InChI is InChI=1S/C11H14ClNO2/c1-2-13(5-6-14)10-4-3-9(8-15)11(12)7-10/h3-4,7-8,14H,2,5-6H2,1H3. The lowest BCUT2D eigenvalue weighted by atomic mass is 10.2. The number of likely N-dealkylation sites (N-methyl/N-ethyl adjacent to an activating group) is 1. The highest BCUT2D eigenvalue weighted by molar-refractivity contribution is 6.33. The van der Waals surface area contributed by atoms with E-state index in [4.69, 9.17) is 16.7 Å². The molecule has 0 aromatic heterocycles. The zero-order chi connectivity index (χ0) is 11.3. The molecule has 0 atom stereocenters. The van der Waals surface area contributed by atoms with Crippen LogP contribution in [0.2, 0.25) is 5.02 Å². The molecule has 1 aromatic carbocycles. The van der Waals surface area contributed by atoms with Gasteiger partial charge >= 0.3 is 0 Å². The van der Waals surface area contributed by atoms with Gasteiger partial charge in [-0.25, -0.2) is 0 Å². The topological polar surface area (TPSA) is 40.5 Å². The van der Waals surface area contributed by atoms with Gasteiger partial charge in [-0.3, -0.25) is 4.79 Å². The summed E-state index contributed by atoms with van der Waals surface area (Å²) in [5.74, 6) is 0. The van der Waals surface area contributed by atoms with Crippen molar-refractivity contribution in [3.8, 4) is 0 Å². The molecule has 0 unspecified atom stereocenters. The Hall–Kier alpha value is -1.06. The van der Waals surface area contributed by atoms with Crippen LogP contribution in [-0.4, -0.2) is 31.1 Å². The molecule has 4 heteroatoms. The van der Waals surface area contributed by atoms with Crippen LogP contribution in [0.3, 0.4) is 0 Å². The van der Waals surface area contributed by atoms with Crippen LogP contribution in [0, 0.1) is 0 Å². The number of aliphatic hydroxyl groups is 1. The first kappa shape index (κ1) is 12.0. The van der Waals surface area contributed by atoms with Gasteiger partial charge in [0, 0.05) is 24.3 Å². The second-order valence-electron chi connectivity index (χ2n) is 3.13. The molecule has 0 spiro atoms. The maximum atomic E-state index is 10.6. The molecule has 1 rings (SSSR count). The number of aliphatic hydroxyl groups excluding tert-OH is 1. The quantitative estimate of drug-likeness (QED) is 0.782. The fourth-order valence-corrected chi connectivity index (χ4v) is 1.62. The maximum Gasteiger partial charge on any atom is 0.151 e. The lowest BCUT2D eigenvalue weighted by Crippen LogP contribution is -2.26. The smallest absolute Gasteiger partial charge is 0.151 e. The van der Waals surface area contributed by atoms with Crippen LogP contribution in [0.4, 0.5) is 5.69 Å². The van der Waals surface area contributed by atoms with Crippen molar-refractivity contribution in [2.24, 2.45) is 0 Å². The number of nitrogens with zero attached hydrogens (tertiary/aromatic N) is 1. The molecule has 0 radical (unpaired) electrons. The van der Waals surface area contributed by atoms with Crippen molar-refractivity contribution in [2.75, 3.05) is 24.6 Å². The minimum absolute atomic E-state index is 0.0981. The Bertz CT molecular complexity index is 341. The molecule has 15 heavy (non-hydrogen) atoms. The minimum Gasteiger partial charge on any atom is -0.395 e. The summed E-state index contributed by atoms with van der Waals surface area (Å²) < 4.78 is 0. The molecule has 3 nitrogen and oxygen atoms in total. The van der Waals surface area contributed by atoms with Gasteiger partial charge in [-0.15, -0.1) is 0 Å². The SMILES string of the molecule is CCN(CCO)c1ccc(C=O)c(Cl)c1. The van der Waals surface area contributed by atoms with Gasteiger partial charge in [0.15, 0.2) is 6.29 Å². The van der Waals surface area contributed by atoms with Gasteiger partial charge in [-0.05, 0) is 25.1 Å². The fourth-order valence-electron chi connectivity index (χ4n) is 1.40. The Morgan fingerprint density at radius 2 is 2.27 bits per heavy atom. The number of rotatable bonds is 5. The molecule has 0 saturated carbocycles. The van der Waals surface area contributed by atoms with E-state index in [9.17, 15) is 4.79 Å². The summed E-state index contributed by atoms with van der Waals surface area (Å²) in [6.07, 6.45) is 0.731. The van der Waals surface area contributed by atoms with E-state index < -0.39 is 0 Å². The molecule has 82 valence electrons. The van der Waals surface area contributed by atoms with E-state index >= 15 is 0 Å². The summed E-state index contributed by atoms with van der Waals surface area (Å²) in [5, 5.41) is 9.31. The van der Waals surface area contributed by atoms with E-state index in [1.165, 1.54) is 0 Å². The monoisotopic (exact) mass is 227 g/mol. The molecule has 0 aliphatic heterocycles. The number of hydrogen-bond donors (Lipinski definition) is 1. The van der Waals surface area contributed by atoms with Gasteiger partial charge in [-0.1, -0.05) is 11.6 Å². The van der Waals surface area contributed by atoms with Crippen LogP contribution < -0.4 is 4.90 Å². The van der Waals surface area contributed by atoms with Gasteiger partial charge in [0.05, 0.1) is 11.6 Å². The third kappa shape index (κ3) is 2.94. The van der Waals surface area contributed by atoms with Gasteiger partial charge in [0.25, 0.3) is 0 Å². The van der Waals surface area contributed by atoms with E-state index in [-0.39, 0.29) is 6.61 Å². The zero-order valence-corrected chi connectivity index (χ0v) is 9.37. The van der Waals surface area contributed by atoms with Crippen LogP contribution in [0.15, 0.2) is 18.2 Å². The molecular weight excluding hydrogens is 214 g/mol. The number of carbonyl (C=O) groups is 1. The summed E-state index contributed by atoms with van der Waals surface area (Å²) in [4.78, 5) is 12.6. The number of carbonyl (C=O) groups excluding carboxylic acids is 1. The van der Waals surface area contributed by atoms with Crippen molar-refractivity contribution < 1.29 is 9.90 Å². The van der Waals surface area contributed by atoms with E-state index in [1.807, 2.05) is 17.9 Å². The average molecular weight is 228 g/mol. The van der Waals surface area contributed by atoms with Crippen molar-refractivity contribution in [1.82, 2.24) is 0 Å². The van der Waals surface area contributed by atoms with Crippen LogP contribution in [0.1, 0.15) is 17.3 Å². The molecule has 0 aliphatic carbocycles. The largest absolute Gasteiger partial charge is 0.395 e. The van der Waals surface area contributed by atoms with Crippen molar-refractivity contribution in [3.05, 3.63) is 28.8 Å². The predicted octanol–water partition coefficient (Wildman–Crippen LogP) is 1.97. The summed E-state index contributed by atoms with van der Waals surface area (Å²) in [5.41, 5.74) is 1.41. The normalized spacial score (nSPS) is 10.1. The van der Waals surface area contributed by atoms with Gasteiger partial charge in [0.1, 0.15) is 0 Å². The fraction of sp³-hybridized carbons (Fsp3) is 0.364. The third-order valence-corrected chi connectivity index (χ3v) is 2.56. The number of aldehydes is 1. The maximum absolute atomic E-state index is 10.6. The summed E-state index contributed by atoms with van der Waals surface area (Å²) in [6, 6.07) is 5.25. The highest BCUT2D eigenvalue weighted by atomic mass is 35.5. The molecule has 0 aliphatic rings. The van der Waals surface area contributed by atoms with Crippen LogP contribution in [-0.2, 0) is 0 Å². The third-order valence-electron chi connectivity index (χ3n) is 2.23. The average Bonchev–Trinajstić information content (AvgIpc) is 2.25. The van der Waals surface area contributed by atoms with Crippen LogP contribution in [0.5, 0.6) is 0 Å². The molecule has 0 amide bonds. The Morgan fingerprint density at radius 3 is 2.73 bits per heavy atom. The second-order valence-corrected chi connectivity index (χ2v) is 3.53. The highest BCUT2D eigenvalue weighted by Gasteiger charge is 2.06. The van der Waals surface area contributed by atoms with E-state index in [2.05, 4.69) is 0 Å². The number of anilines is 1. The van der Waals surface area contributed by atoms with E-state index in [0.29, 0.717) is 17.1 Å². The Labute approximate surface area is 94.3 Å². The van der Waals surface area contributed by atoms with Gasteiger partial charge < -0.3 is 10.0 Å². The minimum atomic E-state index is 0.0981. The van der Waals surface area contributed by atoms with Crippen molar-refractivity contribution in [3.63, 3.8) is 0 Å². The lowest BCUT2D eigenvalue weighted by molar-refractivity contribution is 0.112. The highest BCUT2D eigenvalue weighted by Crippen LogP contribution is 2.22. The summed E-state index contributed by atoms with van der Waals surface area (Å²) in [6.45, 7) is 3.45. The Kier molecular flexibility index (Phi) is 4.59. The van der Waals surface area contributed by atoms with Gasteiger partial charge in [0.2, 0.25) is 0 Å². The van der Waals surface area contributed by atoms with Crippen molar-refractivity contribution in [2.45, 2.75) is 6.92 Å². The van der Waals surface area contributed by atoms with Crippen LogP contribution >= 0.6 is 11.6 Å². The molecule has 0 heterocycles. The van der Waals surface area contributed by atoms with E-state index in [0.717, 1.165) is 18.5 Å². The van der Waals surface area contributed by atoms with Crippen molar-refractivity contribution in [1.29, 1.82) is 0 Å². The second kappa shape index (κ2) is 5.73. The predicted molar refractivity (Wildman–Crippen MR) is 61.8 cm³/mol. The summed E-state index contributed by atoms with van der Waals surface area (Å²) >= 11 is 5.91. The molecule has 0 saturated heterocycles. The number of halogens is 1. The zero-order valence-electron chi connectivity index (χ0n) is 8.61. The molecule has 0 fully saturated rings. The lowest BCUT2D eigenvalue weighted by Gasteiger charge is -2.22. The molecule has 1 aromatic rings. The number of benzene rings is 1. The molecule has 0 bridgehead atoms. The Morgan fingerprint density at radius 1 is 1.53 bits per heavy atom. The van der Waals surface area contributed by atoms with Gasteiger partial charge in [-0.2, -0.15) is 0 Å². The first-order valence-electron chi connectivity index (χ1n) is 4.83. The summed E-state index contributed by atoms with van der Waals surface area (Å²) in [7, 11) is 0.